The molecule has 0 aliphatic heterocycles. The number of imidazole rings is 1. The molecule has 2 heterocycles. The summed E-state index contributed by atoms with van der Waals surface area (Å²) in [5, 5.41) is 8.07. The first-order valence-corrected chi connectivity index (χ1v) is 10.1. The van der Waals surface area contributed by atoms with Gasteiger partial charge in [0.15, 0.2) is 5.96 Å². The number of rotatable bonds is 8. The van der Waals surface area contributed by atoms with Crippen LogP contribution in [0.4, 0.5) is 0 Å². The predicted octanol–water partition coefficient (Wildman–Crippen LogP) is 3.36. The first kappa shape index (κ1) is 24.9. The van der Waals surface area contributed by atoms with E-state index in [4.69, 9.17) is 4.74 Å². The molecule has 0 radical (unpaired) electrons. The van der Waals surface area contributed by atoms with Gasteiger partial charge < -0.3 is 19.9 Å². The molecule has 0 amide bonds. The molecule has 0 saturated carbocycles. The van der Waals surface area contributed by atoms with Gasteiger partial charge in [-0.1, -0.05) is 30.3 Å². The fourth-order valence-electron chi connectivity index (χ4n) is 3.44. The molecule has 2 aromatic heterocycles. The molecular weight excluding hydrogens is 505 g/mol. The van der Waals surface area contributed by atoms with Crippen LogP contribution in [0.5, 0.6) is 0 Å². The van der Waals surface area contributed by atoms with E-state index < -0.39 is 0 Å². The highest BCUT2D eigenvalue weighted by molar-refractivity contribution is 14.0. The summed E-state index contributed by atoms with van der Waals surface area (Å²) >= 11 is 0. The summed E-state index contributed by atoms with van der Waals surface area (Å²) < 4.78 is 7.17. The molecule has 0 aliphatic carbocycles. The van der Waals surface area contributed by atoms with Crippen molar-refractivity contribution in [2.45, 2.75) is 33.5 Å². The smallest absolute Gasteiger partial charge is 0.194 e. The average molecular weight is 537 g/mol. The van der Waals surface area contributed by atoms with Crippen molar-refractivity contribution in [1.29, 1.82) is 0 Å². The summed E-state index contributed by atoms with van der Waals surface area (Å²) in [6.45, 7) is 6.81. The highest BCUT2D eigenvalue weighted by Gasteiger charge is 2.14. The lowest BCUT2D eigenvalue weighted by molar-refractivity contribution is 0.182. The van der Waals surface area contributed by atoms with Crippen molar-refractivity contribution < 1.29 is 4.74 Å². The standard InChI is InChI=1S/C22H31N7O.HI/c1-16-19(17(2)29(27-16)11-12-30-5)13-25-22(23-3)28(4)15-21-24-14-20(26-21)18-9-7-6-8-10-18;/h6-10,14H,11-13,15H2,1-5H3,(H,23,25)(H,24,26);1H. The molecule has 0 fully saturated rings. The number of hydrogen-bond donors (Lipinski definition) is 2. The Morgan fingerprint density at radius 2 is 2.00 bits per heavy atom. The van der Waals surface area contributed by atoms with Crippen LogP contribution in [0, 0.1) is 13.8 Å². The van der Waals surface area contributed by atoms with E-state index in [9.17, 15) is 0 Å². The third-order valence-electron chi connectivity index (χ3n) is 5.14. The van der Waals surface area contributed by atoms with Crippen molar-refractivity contribution in [2.75, 3.05) is 27.8 Å². The van der Waals surface area contributed by atoms with Crippen LogP contribution in [-0.2, 0) is 24.4 Å². The number of aryl methyl sites for hydroxylation is 1. The zero-order chi connectivity index (χ0) is 21.5. The molecule has 31 heavy (non-hydrogen) atoms. The molecule has 9 heteroatoms. The highest BCUT2D eigenvalue weighted by Crippen LogP contribution is 2.17. The van der Waals surface area contributed by atoms with Gasteiger partial charge in [-0.15, -0.1) is 24.0 Å². The van der Waals surface area contributed by atoms with Crippen LogP contribution in [0.3, 0.4) is 0 Å². The second-order valence-corrected chi connectivity index (χ2v) is 7.23. The van der Waals surface area contributed by atoms with Gasteiger partial charge in [0, 0.05) is 39.0 Å². The molecule has 0 atom stereocenters. The summed E-state index contributed by atoms with van der Waals surface area (Å²) in [4.78, 5) is 14.4. The predicted molar refractivity (Wildman–Crippen MR) is 135 cm³/mol. The number of aromatic amines is 1. The van der Waals surface area contributed by atoms with Gasteiger partial charge in [0.1, 0.15) is 5.82 Å². The molecular formula is C22H32IN7O. The Balaban J connectivity index is 0.00000341. The third-order valence-corrected chi connectivity index (χ3v) is 5.14. The van der Waals surface area contributed by atoms with Gasteiger partial charge in [0.05, 0.1) is 37.3 Å². The maximum atomic E-state index is 5.17. The van der Waals surface area contributed by atoms with Gasteiger partial charge in [-0.25, -0.2) is 4.98 Å². The number of benzene rings is 1. The molecule has 0 unspecified atom stereocenters. The molecule has 0 saturated heterocycles. The number of methoxy groups -OCH3 is 1. The largest absolute Gasteiger partial charge is 0.383 e. The topological polar surface area (TPSA) is 83.4 Å². The minimum atomic E-state index is 0. The van der Waals surface area contributed by atoms with Crippen molar-refractivity contribution in [3.05, 3.63) is 59.3 Å². The summed E-state index contributed by atoms with van der Waals surface area (Å²) in [5.74, 6) is 1.69. The summed E-state index contributed by atoms with van der Waals surface area (Å²) in [5.41, 5.74) is 5.49. The van der Waals surface area contributed by atoms with E-state index in [1.165, 1.54) is 5.56 Å². The van der Waals surface area contributed by atoms with Crippen LogP contribution in [-0.4, -0.2) is 58.4 Å². The average Bonchev–Trinajstić information content (AvgIpc) is 3.32. The number of aliphatic imine (C=N–C) groups is 1. The van der Waals surface area contributed by atoms with Crippen molar-refractivity contribution in [3.8, 4) is 11.3 Å². The number of guanidine groups is 1. The van der Waals surface area contributed by atoms with E-state index in [2.05, 4.69) is 44.4 Å². The van der Waals surface area contributed by atoms with E-state index in [1.807, 2.05) is 47.9 Å². The van der Waals surface area contributed by atoms with E-state index in [0.717, 1.165) is 41.0 Å². The van der Waals surface area contributed by atoms with E-state index in [-0.39, 0.29) is 24.0 Å². The number of H-pyrrole nitrogens is 1. The van der Waals surface area contributed by atoms with Crippen molar-refractivity contribution >= 4 is 29.9 Å². The molecule has 3 aromatic rings. The Hall–Kier alpha value is -2.40. The minimum absolute atomic E-state index is 0. The van der Waals surface area contributed by atoms with E-state index in [0.29, 0.717) is 19.7 Å². The Labute approximate surface area is 201 Å². The van der Waals surface area contributed by atoms with Gasteiger partial charge in [-0.05, 0) is 19.4 Å². The molecule has 1 aromatic carbocycles. The van der Waals surface area contributed by atoms with Gasteiger partial charge in [0.25, 0.3) is 0 Å². The third kappa shape index (κ3) is 6.30. The highest BCUT2D eigenvalue weighted by atomic mass is 127. The fourth-order valence-corrected chi connectivity index (χ4v) is 3.44. The Kier molecular flexibility index (Phi) is 9.50. The number of nitrogens with zero attached hydrogens (tertiary/aromatic N) is 5. The van der Waals surface area contributed by atoms with Crippen LogP contribution in [0.1, 0.15) is 22.8 Å². The molecule has 168 valence electrons. The van der Waals surface area contributed by atoms with Gasteiger partial charge in [-0.2, -0.15) is 5.10 Å². The van der Waals surface area contributed by atoms with Crippen molar-refractivity contribution in [3.63, 3.8) is 0 Å². The minimum Gasteiger partial charge on any atom is -0.383 e. The second-order valence-electron chi connectivity index (χ2n) is 7.23. The van der Waals surface area contributed by atoms with Crippen LogP contribution < -0.4 is 5.32 Å². The first-order chi connectivity index (χ1) is 14.5. The lowest BCUT2D eigenvalue weighted by Crippen LogP contribution is -2.38. The van der Waals surface area contributed by atoms with Gasteiger partial charge in [0.2, 0.25) is 0 Å². The molecule has 0 aliphatic rings. The number of halogens is 1. The Morgan fingerprint density at radius 3 is 2.68 bits per heavy atom. The number of aromatic nitrogens is 4. The van der Waals surface area contributed by atoms with E-state index in [1.54, 1.807) is 14.2 Å². The zero-order valence-electron chi connectivity index (χ0n) is 18.8. The summed E-state index contributed by atoms with van der Waals surface area (Å²) in [6, 6.07) is 10.2. The maximum absolute atomic E-state index is 5.17. The quantitative estimate of drug-likeness (QED) is 0.262. The van der Waals surface area contributed by atoms with Gasteiger partial charge in [-0.3, -0.25) is 9.67 Å². The second kappa shape index (κ2) is 11.8. The maximum Gasteiger partial charge on any atom is 0.194 e. The first-order valence-electron chi connectivity index (χ1n) is 10.1. The van der Waals surface area contributed by atoms with Crippen LogP contribution in [0.2, 0.25) is 0 Å². The molecule has 0 spiro atoms. The Bertz CT molecular complexity index is 981. The Morgan fingerprint density at radius 1 is 1.26 bits per heavy atom. The van der Waals surface area contributed by atoms with Crippen molar-refractivity contribution in [2.24, 2.45) is 4.99 Å². The SMILES string of the molecule is CN=C(NCc1c(C)nn(CCOC)c1C)N(C)Cc1ncc(-c2ccccc2)[nH]1.I. The van der Waals surface area contributed by atoms with E-state index >= 15 is 0 Å². The molecule has 0 bridgehead atoms. The lowest BCUT2D eigenvalue weighted by Gasteiger charge is -2.21. The van der Waals surface area contributed by atoms with Crippen LogP contribution in [0.25, 0.3) is 11.3 Å². The van der Waals surface area contributed by atoms with Gasteiger partial charge >= 0.3 is 0 Å². The zero-order valence-corrected chi connectivity index (χ0v) is 21.2. The molecule has 8 nitrogen and oxygen atoms in total. The number of hydrogen-bond acceptors (Lipinski definition) is 4. The number of ether oxygens (including phenoxy) is 1. The lowest BCUT2D eigenvalue weighted by atomic mass is 10.2. The normalized spacial score (nSPS) is 11.3. The fraction of sp³-hybridized carbons (Fsp3) is 0.409. The molecule has 3 rings (SSSR count). The molecule has 2 N–H and O–H groups in total. The summed E-state index contributed by atoms with van der Waals surface area (Å²) in [7, 11) is 5.50. The number of nitrogens with one attached hydrogen (secondary N) is 2. The van der Waals surface area contributed by atoms with Crippen LogP contribution >= 0.6 is 24.0 Å². The monoisotopic (exact) mass is 537 g/mol. The van der Waals surface area contributed by atoms with Crippen LogP contribution in [0.15, 0.2) is 41.5 Å². The van der Waals surface area contributed by atoms with Crippen molar-refractivity contribution in [1.82, 2.24) is 30.0 Å². The summed E-state index contributed by atoms with van der Waals surface area (Å²) in [6.07, 6.45) is 1.87.